The Kier molecular flexibility index (Phi) is 4.35. The van der Waals surface area contributed by atoms with Crippen molar-refractivity contribution >= 4 is 5.91 Å². The van der Waals surface area contributed by atoms with Gasteiger partial charge in [-0.25, -0.2) is 4.39 Å². The number of carbonyl (C=O) groups is 1. The fourth-order valence-electron chi connectivity index (χ4n) is 1.99. The summed E-state index contributed by atoms with van der Waals surface area (Å²) in [6, 6.07) is 11.5. The Morgan fingerprint density at radius 1 is 1.25 bits per heavy atom. The van der Waals surface area contributed by atoms with Crippen molar-refractivity contribution in [3.63, 3.8) is 0 Å². The summed E-state index contributed by atoms with van der Waals surface area (Å²) in [5.41, 5.74) is 2.13. The van der Waals surface area contributed by atoms with Crippen molar-refractivity contribution < 1.29 is 13.9 Å². The Balaban J connectivity index is 2.43. The first-order valence-electron chi connectivity index (χ1n) is 6.38. The summed E-state index contributed by atoms with van der Waals surface area (Å²) < 4.78 is 18.4. The molecule has 0 bridgehead atoms. The van der Waals surface area contributed by atoms with Gasteiger partial charge in [-0.05, 0) is 36.8 Å². The van der Waals surface area contributed by atoms with Crippen LogP contribution in [0, 0.1) is 5.82 Å². The van der Waals surface area contributed by atoms with Crippen molar-refractivity contribution in [2.24, 2.45) is 0 Å². The van der Waals surface area contributed by atoms with Crippen LogP contribution in [0.15, 0.2) is 42.5 Å². The quantitative estimate of drug-likeness (QED) is 0.928. The van der Waals surface area contributed by atoms with E-state index < -0.39 is 0 Å². The van der Waals surface area contributed by atoms with Crippen LogP contribution in [0.5, 0.6) is 5.75 Å². The molecule has 0 heterocycles. The maximum absolute atomic E-state index is 13.2. The molecule has 0 atom stereocenters. The zero-order chi connectivity index (χ0) is 14.5. The number of hydrogen-bond acceptors (Lipinski definition) is 2. The van der Waals surface area contributed by atoms with Crippen molar-refractivity contribution in [1.29, 1.82) is 0 Å². The minimum absolute atomic E-state index is 0.129. The van der Waals surface area contributed by atoms with E-state index in [1.54, 1.807) is 24.3 Å². The highest BCUT2D eigenvalue weighted by atomic mass is 19.1. The van der Waals surface area contributed by atoms with Gasteiger partial charge in [0.05, 0.1) is 7.11 Å². The predicted molar refractivity (Wildman–Crippen MR) is 76.4 cm³/mol. The molecule has 0 fully saturated rings. The van der Waals surface area contributed by atoms with Gasteiger partial charge in [0.2, 0.25) is 0 Å². The van der Waals surface area contributed by atoms with Crippen LogP contribution in [0.4, 0.5) is 4.39 Å². The lowest BCUT2D eigenvalue weighted by atomic mass is 10.0. The lowest BCUT2D eigenvalue weighted by molar-refractivity contribution is 0.0956. The Morgan fingerprint density at radius 3 is 2.75 bits per heavy atom. The second-order valence-electron chi connectivity index (χ2n) is 4.28. The Morgan fingerprint density at radius 2 is 2.05 bits per heavy atom. The summed E-state index contributed by atoms with van der Waals surface area (Å²) >= 11 is 0. The predicted octanol–water partition coefficient (Wildman–Crippen LogP) is 3.25. The number of carbonyl (C=O) groups excluding carboxylic acids is 1. The highest BCUT2D eigenvalue weighted by Gasteiger charge is 2.10. The number of amides is 1. The van der Waals surface area contributed by atoms with Crippen LogP contribution >= 0.6 is 0 Å². The third-order valence-corrected chi connectivity index (χ3v) is 2.94. The van der Waals surface area contributed by atoms with Crippen LogP contribution in [0.3, 0.4) is 0 Å². The fourth-order valence-corrected chi connectivity index (χ4v) is 1.99. The minimum atomic E-state index is -0.356. The molecule has 0 radical (unpaired) electrons. The van der Waals surface area contributed by atoms with Crippen molar-refractivity contribution in [3.8, 4) is 16.9 Å². The lowest BCUT2D eigenvalue weighted by Gasteiger charge is -2.10. The molecule has 3 nitrogen and oxygen atoms in total. The molecule has 0 saturated heterocycles. The molecule has 0 saturated carbocycles. The summed E-state index contributed by atoms with van der Waals surface area (Å²) in [7, 11) is 1.49. The topological polar surface area (TPSA) is 38.3 Å². The molecule has 0 aliphatic heterocycles. The second kappa shape index (κ2) is 6.19. The number of hydrogen-bond donors (Lipinski definition) is 1. The molecule has 2 rings (SSSR count). The first-order valence-corrected chi connectivity index (χ1v) is 6.38. The summed E-state index contributed by atoms with van der Waals surface area (Å²) in [4.78, 5) is 11.8. The van der Waals surface area contributed by atoms with Crippen molar-refractivity contribution in [1.82, 2.24) is 5.32 Å². The largest absolute Gasteiger partial charge is 0.496 e. The van der Waals surface area contributed by atoms with E-state index in [4.69, 9.17) is 4.74 Å². The average Bonchev–Trinajstić information content (AvgIpc) is 2.47. The zero-order valence-electron chi connectivity index (χ0n) is 11.4. The fraction of sp³-hybridized carbons (Fsp3) is 0.188. The molecular weight excluding hydrogens is 257 g/mol. The van der Waals surface area contributed by atoms with E-state index in [0.29, 0.717) is 17.9 Å². The first kappa shape index (κ1) is 14.1. The van der Waals surface area contributed by atoms with Gasteiger partial charge >= 0.3 is 0 Å². The van der Waals surface area contributed by atoms with E-state index in [9.17, 15) is 9.18 Å². The van der Waals surface area contributed by atoms with Gasteiger partial charge < -0.3 is 10.1 Å². The molecule has 104 valence electrons. The van der Waals surface area contributed by atoms with Crippen LogP contribution < -0.4 is 10.1 Å². The maximum atomic E-state index is 13.2. The lowest BCUT2D eigenvalue weighted by Crippen LogP contribution is -2.22. The number of ether oxygens (including phenoxy) is 1. The minimum Gasteiger partial charge on any atom is -0.496 e. The summed E-state index contributed by atoms with van der Waals surface area (Å²) in [6.45, 7) is 2.44. The van der Waals surface area contributed by atoms with Gasteiger partial charge in [-0.1, -0.05) is 12.1 Å². The molecule has 20 heavy (non-hydrogen) atoms. The zero-order valence-corrected chi connectivity index (χ0v) is 11.4. The molecule has 2 aromatic carbocycles. The Labute approximate surface area is 117 Å². The van der Waals surface area contributed by atoms with Crippen molar-refractivity contribution in [3.05, 3.63) is 53.8 Å². The second-order valence-corrected chi connectivity index (χ2v) is 4.28. The third-order valence-electron chi connectivity index (χ3n) is 2.94. The van der Waals surface area contributed by atoms with Crippen LogP contribution in [0.1, 0.15) is 17.3 Å². The normalized spacial score (nSPS) is 10.2. The van der Waals surface area contributed by atoms with Crippen LogP contribution in [-0.2, 0) is 0 Å². The number of rotatable bonds is 4. The molecule has 2 aromatic rings. The van der Waals surface area contributed by atoms with Gasteiger partial charge in [0.1, 0.15) is 11.6 Å². The molecular formula is C16H16FNO2. The van der Waals surface area contributed by atoms with E-state index >= 15 is 0 Å². The maximum Gasteiger partial charge on any atom is 0.251 e. The molecule has 1 amide bonds. The molecule has 0 aliphatic rings. The third kappa shape index (κ3) is 2.96. The standard InChI is InChI=1S/C16H16FNO2/c1-3-18-16(19)12-6-4-5-11(9-12)14-8-7-13(17)10-15(14)20-2/h4-10H,3H2,1-2H3,(H,18,19). The number of nitrogens with one attached hydrogen (secondary N) is 1. The monoisotopic (exact) mass is 273 g/mol. The number of benzene rings is 2. The first-order chi connectivity index (χ1) is 9.65. The molecule has 0 spiro atoms. The number of methoxy groups -OCH3 is 1. The van der Waals surface area contributed by atoms with Gasteiger partial charge in [-0.2, -0.15) is 0 Å². The van der Waals surface area contributed by atoms with Gasteiger partial charge in [-0.3, -0.25) is 4.79 Å². The molecule has 0 aliphatic carbocycles. The van der Waals surface area contributed by atoms with Gasteiger partial charge in [0.25, 0.3) is 5.91 Å². The van der Waals surface area contributed by atoms with Gasteiger partial charge in [-0.15, -0.1) is 0 Å². The summed E-state index contributed by atoms with van der Waals surface area (Å²) in [5, 5.41) is 2.75. The Hall–Kier alpha value is -2.36. The van der Waals surface area contributed by atoms with E-state index in [0.717, 1.165) is 11.1 Å². The van der Waals surface area contributed by atoms with E-state index in [1.807, 2.05) is 13.0 Å². The molecule has 0 aromatic heterocycles. The SMILES string of the molecule is CCNC(=O)c1cccc(-c2ccc(F)cc2OC)c1. The number of halogens is 1. The van der Waals surface area contributed by atoms with E-state index in [1.165, 1.54) is 19.2 Å². The van der Waals surface area contributed by atoms with Crippen LogP contribution in [0.2, 0.25) is 0 Å². The summed E-state index contributed by atoms with van der Waals surface area (Å²) in [6.07, 6.45) is 0. The average molecular weight is 273 g/mol. The molecule has 1 N–H and O–H groups in total. The van der Waals surface area contributed by atoms with Crippen LogP contribution in [-0.4, -0.2) is 19.6 Å². The van der Waals surface area contributed by atoms with Crippen molar-refractivity contribution in [2.45, 2.75) is 6.92 Å². The van der Waals surface area contributed by atoms with Crippen LogP contribution in [0.25, 0.3) is 11.1 Å². The highest BCUT2D eigenvalue weighted by Crippen LogP contribution is 2.30. The van der Waals surface area contributed by atoms with Gasteiger partial charge in [0, 0.05) is 23.7 Å². The molecule has 4 heteroatoms. The Bertz CT molecular complexity index is 626. The molecule has 0 unspecified atom stereocenters. The summed E-state index contributed by atoms with van der Waals surface area (Å²) in [5.74, 6) is -0.0426. The highest BCUT2D eigenvalue weighted by molar-refractivity contribution is 5.95. The van der Waals surface area contributed by atoms with Gasteiger partial charge in [0.15, 0.2) is 0 Å². The smallest absolute Gasteiger partial charge is 0.251 e. The van der Waals surface area contributed by atoms with E-state index in [-0.39, 0.29) is 11.7 Å². The van der Waals surface area contributed by atoms with E-state index in [2.05, 4.69) is 5.32 Å². The van der Waals surface area contributed by atoms with Crippen molar-refractivity contribution in [2.75, 3.05) is 13.7 Å².